The molecule has 3 rings (SSSR count). The minimum Gasteiger partial charge on any atom is -0.379 e. The molecule has 8 heteroatoms. The number of aliphatic imine (C=N–C) groups is 1. The van der Waals surface area contributed by atoms with Gasteiger partial charge in [0, 0.05) is 52.0 Å². The molecule has 28 heavy (non-hydrogen) atoms. The summed E-state index contributed by atoms with van der Waals surface area (Å²) in [5.41, 5.74) is 1.55. The monoisotopic (exact) mass is 504 g/mol. The van der Waals surface area contributed by atoms with E-state index in [-0.39, 0.29) is 29.5 Å². The van der Waals surface area contributed by atoms with Gasteiger partial charge in [0.1, 0.15) is 0 Å². The maximum atomic E-state index is 5.58. The van der Waals surface area contributed by atoms with E-state index >= 15 is 0 Å². The van der Waals surface area contributed by atoms with E-state index in [1.807, 2.05) is 25.0 Å². The van der Waals surface area contributed by atoms with Gasteiger partial charge in [-0.2, -0.15) is 5.10 Å². The molecule has 1 aromatic heterocycles. The summed E-state index contributed by atoms with van der Waals surface area (Å²) in [6.45, 7) is 5.72. The van der Waals surface area contributed by atoms with E-state index in [4.69, 9.17) is 4.74 Å². The van der Waals surface area contributed by atoms with Crippen molar-refractivity contribution >= 4 is 29.9 Å². The van der Waals surface area contributed by atoms with E-state index < -0.39 is 0 Å². The van der Waals surface area contributed by atoms with E-state index in [9.17, 15) is 0 Å². The Labute approximate surface area is 186 Å². The van der Waals surface area contributed by atoms with Gasteiger partial charge in [0.15, 0.2) is 5.96 Å². The molecular weight excluding hydrogens is 467 g/mol. The molecule has 160 valence electrons. The Balaban J connectivity index is 0.00000280. The Morgan fingerprint density at radius 3 is 2.61 bits per heavy atom. The van der Waals surface area contributed by atoms with E-state index in [1.54, 1.807) is 0 Å². The predicted octanol–water partition coefficient (Wildman–Crippen LogP) is 2.17. The number of morpholine rings is 1. The van der Waals surface area contributed by atoms with Crippen molar-refractivity contribution < 1.29 is 4.74 Å². The summed E-state index contributed by atoms with van der Waals surface area (Å²) in [5, 5.41) is 11.3. The Morgan fingerprint density at radius 2 is 1.96 bits per heavy atom. The smallest absolute Gasteiger partial charge is 0.191 e. The van der Waals surface area contributed by atoms with Gasteiger partial charge in [0.05, 0.1) is 19.4 Å². The first-order valence-corrected chi connectivity index (χ1v) is 10.5. The summed E-state index contributed by atoms with van der Waals surface area (Å²) in [7, 11) is 3.82. The highest BCUT2D eigenvalue weighted by Crippen LogP contribution is 2.33. The van der Waals surface area contributed by atoms with Crippen molar-refractivity contribution in [2.24, 2.45) is 12.0 Å². The molecule has 1 saturated heterocycles. The van der Waals surface area contributed by atoms with Crippen LogP contribution in [0.3, 0.4) is 0 Å². The van der Waals surface area contributed by atoms with Crippen LogP contribution in [0.5, 0.6) is 0 Å². The maximum Gasteiger partial charge on any atom is 0.191 e. The first-order valence-electron chi connectivity index (χ1n) is 10.5. The van der Waals surface area contributed by atoms with Gasteiger partial charge in [0.25, 0.3) is 0 Å². The van der Waals surface area contributed by atoms with Crippen LogP contribution < -0.4 is 10.6 Å². The molecule has 0 bridgehead atoms. The second-order valence-corrected chi connectivity index (χ2v) is 7.86. The summed E-state index contributed by atoms with van der Waals surface area (Å²) < 4.78 is 7.44. The van der Waals surface area contributed by atoms with Crippen LogP contribution in [0.2, 0.25) is 0 Å². The number of rotatable bonds is 7. The fourth-order valence-electron chi connectivity index (χ4n) is 4.42. The average molecular weight is 504 g/mol. The molecule has 1 aromatic rings. The molecule has 2 aliphatic rings. The SMILES string of the molecule is CN=C(NCCCc1cnn(C)c1)NCC1(N2CCOCC2)CCCCC1.I. The number of hydrogen-bond acceptors (Lipinski definition) is 4. The maximum absolute atomic E-state index is 5.58. The zero-order valence-corrected chi connectivity index (χ0v) is 19.8. The molecule has 0 amide bonds. The lowest BCUT2D eigenvalue weighted by molar-refractivity contribution is -0.0352. The zero-order chi connectivity index (χ0) is 19.0. The third-order valence-electron chi connectivity index (χ3n) is 5.97. The quantitative estimate of drug-likeness (QED) is 0.258. The van der Waals surface area contributed by atoms with Crippen LogP contribution >= 0.6 is 24.0 Å². The van der Waals surface area contributed by atoms with Gasteiger partial charge in [-0.1, -0.05) is 19.3 Å². The summed E-state index contributed by atoms with van der Waals surface area (Å²) in [4.78, 5) is 7.10. The lowest BCUT2D eigenvalue weighted by atomic mass is 9.80. The average Bonchev–Trinajstić information content (AvgIpc) is 3.14. The predicted molar refractivity (Wildman–Crippen MR) is 125 cm³/mol. The number of aromatic nitrogens is 2. The molecule has 2 N–H and O–H groups in total. The number of guanidine groups is 1. The molecule has 1 aliphatic carbocycles. The fraction of sp³-hybridized carbons (Fsp3) is 0.800. The van der Waals surface area contributed by atoms with Gasteiger partial charge in [-0.25, -0.2) is 0 Å². The van der Waals surface area contributed by atoms with E-state index in [2.05, 4.69) is 31.8 Å². The highest BCUT2D eigenvalue weighted by molar-refractivity contribution is 14.0. The highest BCUT2D eigenvalue weighted by atomic mass is 127. The number of hydrogen-bond donors (Lipinski definition) is 2. The lowest BCUT2D eigenvalue weighted by Crippen LogP contribution is -2.60. The van der Waals surface area contributed by atoms with Crippen molar-refractivity contribution in [2.75, 3.05) is 46.4 Å². The Hall–Kier alpha value is -0.870. The standard InChI is InChI=1S/C20H36N6O.HI/c1-21-19(22-10-6-7-18-15-24-25(2)16-18)23-17-20(8-4-3-5-9-20)26-11-13-27-14-12-26;/h15-16H,3-14,17H2,1-2H3,(H2,21,22,23);1H. The molecule has 1 saturated carbocycles. The lowest BCUT2D eigenvalue weighted by Gasteiger charge is -2.48. The van der Waals surface area contributed by atoms with E-state index in [0.29, 0.717) is 0 Å². The highest BCUT2D eigenvalue weighted by Gasteiger charge is 2.38. The van der Waals surface area contributed by atoms with Crippen molar-refractivity contribution in [3.05, 3.63) is 18.0 Å². The van der Waals surface area contributed by atoms with Gasteiger partial charge >= 0.3 is 0 Å². The largest absolute Gasteiger partial charge is 0.379 e. The van der Waals surface area contributed by atoms with Crippen LogP contribution in [0, 0.1) is 0 Å². The van der Waals surface area contributed by atoms with Crippen LogP contribution in [0.4, 0.5) is 0 Å². The number of halogens is 1. The molecule has 2 heterocycles. The Morgan fingerprint density at radius 1 is 1.21 bits per heavy atom. The minimum atomic E-state index is 0. The van der Waals surface area contributed by atoms with Crippen molar-refractivity contribution in [3.8, 4) is 0 Å². The molecule has 1 aliphatic heterocycles. The van der Waals surface area contributed by atoms with Crippen molar-refractivity contribution in [1.29, 1.82) is 0 Å². The second kappa shape index (κ2) is 12.0. The van der Waals surface area contributed by atoms with Gasteiger partial charge in [-0.15, -0.1) is 24.0 Å². The normalized spacial score (nSPS) is 20.4. The summed E-state index contributed by atoms with van der Waals surface area (Å²) in [5.74, 6) is 0.916. The van der Waals surface area contributed by atoms with Crippen LogP contribution in [0.25, 0.3) is 0 Å². The molecule has 0 unspecified atom stereocenters. The summed E-state index contributed by atoms with van der Waals surface area (Å²) >= 11 is 0. The zero-order valence-electron chi connectivity index (χ0n) is 17.5. The Bertz CT molecular complexity index is 593. The van der Waals surface area contributed by atoms with Crippen LogP contribution in [0.15, 0.2) is 17.4 Å². The molecule has 2 fully saturated rings. The third-order valence-corrected chi connectivity index (χ3v) is 5.97. The molecule has 0 atom stereocenters. The molecule has 0 aromatic carbocycles. The van der Waals surface area contributed by atoms with Gasteiger partial charge in [-0.05, 0) is 31.2 Å². The van der Waals surface area contributed by atoms with E-state index in [1.165, 1.54) is 37.7 Å². The number of nitrogens with one attached hydrogen (secondary N) is 2. The topological polar surface area (TPSA) is 66.7 Å². The molecular formula is C20H37IN6O. The van der Waals surface area contributed by atoms with Gasteiger partial charge in [0.2, 0.25) is 0 Å². The van der Waals surface area contributed by atoms with Crippen LogP contribution in [-0.4, -0.2) is 72.6 Å². The molecule has 0 spiro atoms. The fourth-order valence-corrected chi connectivity index (χ4v) is 4.42. The first-order chi connectivity index (χ1) is 13.2. The molecule has 7 nitrogen and oxygen atoms in total. The van der Waals surface area contributed by atoms with Crippen molar-refractivity contribution in [1.82, 2.24) is 25.3 Å². The molecule has 0 radical (unpaired) electrons. The van der Waals surface area contributed by atoms with Crippen LogP contribution in [0.1, 0.15) is 44.1 Å². The second-order valence-electron chi connectivity index (χ2n) is 7.86. The third kappa shape index (κ3) is 6.59. The number of nitrogens with zero attached hydrogens (tertiary/aromatic N) is 4. The van der Waals surface area contributed by atoms with Gasteiger partial charge in [-0.3, -0.25) is 14.6 Å². The summed E-state index contributed by atoms with van der Waals surface area (Å²) in [6.07, 6.45) is 12.7. The minimum absolute atomic E-state index is 0. The summed E-state index contributed by atoms with van der Waals surface area (Å²) in [6, 6.07) is 0. The van der Waals surface area contributed by atoms with E-state index in [0.717, 1.165) is 58.2 Å². The van der Waals surface area contributed by atoms with Crippen LogP contribution in [-0.2, 0) is 18.2 Å². The number of aryl methyl sites for hydroxylation is 2. The Kier molecular flexibility index (Phi) is 10.0. The van der Waals surface area contributed by atoms with Crippen molar-refractivity contribution in [3.63, 3.8) is 0 Å². The number of ether oxygens (including phenoxy) is 1. The first kappa shape index (κ1) is 23.4. The van der Waals surface area contributed by atoms with Crippen molar-refractivity contribution in [2.45, 2.75) is 50.5 Å². The van der Waals surface area contributed by atoms with Gasteiger partial charge < -0.3 is 15.4 Å².